The Kier molecular flexibility index (Phi) is 6.34. The molecule has 1 unspecified atom stereocenters. The molecular weight excluding hydrogens is 405 g/mol. The van der Waals surface area contributed by atoms with E-state index in [9.17, 15) is 28.1 Å². The molecule has 0 spiro atoms. The lowest BCUT2D eigenvalue weighted by Crippen LogP contribution is -2.27. The second kappa shape index (κ2) is 8.34. The fraction of sp³-hybridized carbons (Fsp3) is 0.235. The maximum Gasteiger partial charge on any atom is 0.416 e. The van der Waals surface area contributed by atoms with Crippen LogP contribution in [0.3, 0.4) is 0 Å². The van der Waals surface area contributed by atoms with Crippen molar-refractivity contribution in [2.24, 2.45) is 0 Å². The lowest BCUT2D eigenvalue weighted by molar-refractivity contribution is -0.384. The highest BCUT2D eigenvalue weighted by Crippen LogP contribution is 2.38. The Bertz CT molecular complexity index is 905. The van der Waals surface area contributed by atoms with Crippen molar-refractivity contribution in [2.75, 3.05) is 12.4 Å². The van der Waals surface area contributed by atoms with Crippen LogP contribution >= 0.6 is 11.6 Å². The predicted molar refractivity (Wildman–Crippen MR) is 94.7 cm³/mol. The van der Waals surface area contributed by atoms with Crippen molar-refractivity contribution in [3.63, 3.8) is 0 Å². The zero-order valence-corrected chi connectivity index (χ0v) is 15.3. The van der Waals surface area contributed by atoms with E-state index in [1.54, 1.807) is 0 Å². The number of nitro groups is 1. The number of carbonyl (C=O) groups is 1. The highest BCUT2D eigenvalue weighted by molar-refractivity contribution is 6.32. The number of nitro benzene ring substituents is 1. The topological polar surface area (TPSA) is 90.7 Å². The number of nitrogens with zero attached hydrogens (tertiary/aromatic N) is 1. The van der Waals surface area contributed by atoms with E-state index < -0.39 is 28.7 Å². The Balaban J connectivity index is 2.33. The number of benzene rings is 2. The van der Waals surface area contributed by atoms with Crippen molar-refractivity contribution in [3.05, 3.63) is 57.1 Å². The SMILES string of the molecule is COC(=O)C(C)Nc1cc(Oc2ccc(C(F)(F)F)cc2Cl)ccc1[N+](=O)[O-]. The average Bonchev–Trinajstić information content (AvgIpc) is 2.61. The first-order valence-corrected chi connectivity index (χ1v) is 8.08. The van der Waals surface area contributed by atoms with Gasteiger partial charge in [-0.25, -0.2) is 4.79 Å². The summed E-state index contributed by atoms with van der Waals surface area (Å²) in [4.78, 5) is 22.0. The summed E-state index contributed by atoms with van der Waals surface area (Å²) in [5.74, 6) is -0.659. The molecule has 0 aliphatic heterocycles. The molecule has 0 saturated heterocycles. The molecule has 0 amide bonds. The number of hydrogen-bond acceptors (Lipinski definition) is 6. The summed E-state index contributed by atoms with van der Waals surface area (Å²) >= 11 is 5.84. The van der Waals surface area contributed by atoms with Crippen molar-refractivity contribution in [1.29, 1.82) is 0 Å². The molecule has 0 saturated carbocycles. The number of carbonyl (C=O) groups excluding carboxylic acids is 1. The molecule has 2 aromatic carbocycles. The molecule has 0 radical (unpaired) electrons. The number of nitrogens with one attached hydrogen (secondary N) is 1. The normalized spacial score (nSPS) is 12.2. The quantitative estimate of drug-likeness (QED) is 0.402. The molecule has 7 nitrogen and oxygen atoms in total. The first-order chi connectivity index (χ1) is 13.0. The summed E-state index contributed by atoms with van der Waals surface area (Å²) in [5, 5.41) is 13.5. The third kappa shape index (κ3) is 5.03. The van der Waals surface area contributed by atoms with Gasteiger partial charge in [0.05, 0.1) is 22.6 Å². The second-order valence-electron chi connectivity index (χ2n) is 5.57. The van der Waals surface area contributed by atoms with Gasteiger partial charge in [-0.05, 0) is 31.2 Å². The fourth-order valence-corrected chi connectivity index (χ4v) is 2.43. The minimum atomic E-state index is -4.56. The van der Waals surface area contributed by atoms with Gasteiger partial charge in [-0.3, -0.25) is 10.1 Å². The zero-order valence-electron chi connectivity index (χ0n) is 14.5. The van der Waals surface area contributed by atoms with Gasteiger partial charge < -0.3 is 14.8 Å². The minimum absolute atomic E-state index is 0.0385. The van der Waals surface area contributed by atoms with E-state index >= 15 is 0 Å². The molecular formula is C17H14ClF3N2O5. The highest BCUT2D eigenvalue weighted by Gasteiger charge is 2.31. The van der Waals surface area contributed by atoms with Gasteiger partial charge in [0.2, 0.25) is 0 Å². The largest absolute Gasteiger partial charge is 0.467 e. The van der Waals surface area contributed by atoms with Crippen LogP contribution < -0.4 is 10.1 Å². The van der Waals surface area contributed by atoms with Gasteiger partial charge in [-0.1, -0.05) is 11.6 Å². The third-order valence-electron chi connectivity index (χ3n) is 3.58. The van der Waals surface area contributed by atoms with E-state index in [1.807, 2.05) is 0 Å². The first-order valence-electron chi connectivity index (χ1n) is 7.70. The van der Waals surface area contributed by atoms with E-state index in [0.29, 0.717) is 6.07 Å². The number of anilines is 1. The Hall–Kier alpha value is -3.01. The molecule has 0 aromatic heterocycles. The third-order valence-corrected chi connectivity index (χ3v) is 3.87. The predicted octanol–water partition coefficient (Wildman–Crippen LogP) is 5.03. The van der Waals surface area contributed by atoms with Gasteiger partial charge >= 0.3 is 12.1 Å². The number of hydrogen-bond donors (Lipinski definition) is 1. The van der Waals surface area contributed by atoms with Gasteiger partial charge in [0.15, 0.2) is 0 Å². The minimum Gasteiger partial charge on any atom is -0.467 e. The first kappa shape index (κ1) is 21.3. The number of halogens is 4. The van der Waals surface area contributed by atoms with Gasteiger partial charge in [-0.15, -0.1) is 0 Å². The van der Waals surface area contributed by atoms with Gasteiger partial charge in [0.1, 0.15) is 23.2 Å². The van der Waals surface area contributed by atoms with E-state index in [-0.39, 0.29) is 27.9 Å². The summed E-state index contributed by atoms with van der Waals surface area (Å²) in [6, 6.07) is 5.25. The lowest BCUT2D eigenvalue weighted by atomic mass is 10.2. The second-order valence-corrected chi connectivity index (χ2v) is 5.98. The molecule has 0 fully saturated rings. The summed E-state index contributed by atoms with van der Waals surface area (Å²) in [7, 11) is 1.17. The van der Waals surface area contributed by atoms with Crippen molar-refractivity contribution >= 4 is 28.9 Å². The Morgan fingerprint density at radius 2 is 1.93 bits per heavy atom. The molecule has 1 N–H and O–H groups in total. The molecule has 1 atom stereocenters. The Labute approximate surface area is 162 Å². The van der Waals surface area contributed by atoms with Gasteiger partial charge in [0.25, 0.3) is 5.69 Å². The monoisotopic (exact) mass is 418 g/mol. The van der Waals surface area contributed by atoms with Crippen LogP contribution in [0.1, 0.15) is 12.5 Å². The average molecular weight is 419 g/mol. The fourth-order valence-electron chi connectivity index (χ4n) is 2.21. The Morgan fingerprint density at radius 3 is 2.46 bits per heavy atom. The van der Waals surface area contributed by atoms with Crippen LogP contribution in [0, 0.1) is 10.1 Å². The molecule has 150 valence electrons. The molecule has 28 heavy (non-hydrogen) atoms. The van der Waals surface area contributed by atoms with Crippen LogP contribution in [-0.2, 0) is 15.7 Å². The van der Waals surface area contributed by atoms with Gasteiger partial charge in [-0.2, -0.15) is 13.2 Å². The Morgan fingerprint density at radius 1 is 1.25 bits per heavy atom. The summed E-state index contributed by atoms with van der Waals surface area (Å²) < 4.78 is 48.1. The zero-order chi connectivity index (χ0) is 21.1. The molecule has 2 aromatic rings. The maximum absolute atomic E-state index is 12.7. The smallest absolute Gasteiger partial charge is 0.416 e. The highest BCUT2D eigenvalue weighted by atomic mass is 35.5. The summed E-state index contributed by atoms with van der Waals surface area (Å²) in [6.45, 7) is 1.44. The standard InChI is InChI=1S/C17H14ClF3N2O5/c1-9(16(24)27-2)22-13-8-11(4-5-14(13)23(25)26)28-15-6-3-10(7-12(15)18)17(19,20)21/h3-9,22H,1-2H3. The van der Waals surface area contributed by atoms with Crippen LogP contribution in [0.15, 0.2) is 36.4 Å². The van der Waals surface area contributed by atoms with E-state index in [2.05, 4.69) is 10.1 Å². The van der Waals surface area contributed by atoms with Crippen LogP contribution in [0.2, 0.25) is 5.02 Å². The molecule has 0 aliphatic rings. The van der Waals surface area contributed by atoms with Crippen molar-refractivity contribution in [3.8, 4) is 11.5 Å². The van der Waals surface area contributed by atoms with E-state index in [4.69, 9.17) is 16.3 Å². The van der Waals surface area contributed by atoms with Crippen LogP contribution in [0.25, 0.3) is 0 Å². The van der Waals surface area contributed by atoms with Crippen LogP contribution in [0.4, 0.5) is 24.5 Å². The lowest BCUT2D eigenvalue weighted by Gasteiger charge is -2.15. The van der Waals surface area contributed by atoms with Gasteiger partial charge in [0, 0.05) is 12.1 Å². The van der Waals surface area contributed by atoms with Crippen LogP contribution in [-0.4, -0.2) is 24.0 Å². The molecule has 2 rings (SSSR count). The van der Waals surface area contributed by atoms with Crippen molar-refractivity contribution < 1.29 is 32.4 Å². The molecule has 11 heteroatoms. The van der Waals surface area contributed by atoms with Crippen molar-refractivity contribution in [2.45, 2.75) is 19.1 Å². The number of rotatable bonds is 6. The molecule has 0 aliphatic carbocycles. The number of alkyl halides is 3. The summed E-state index contributed by atoms with van der Waals surface area (Å²) in [5.41, 5.74) is -1.31. The number of methoxy groups -OCH3 is 1. The van der Waals surface area contributed by atoms with Crippen molar-refractivity contribution in [1.82, 2.24) is 0 Å². The molecule has 0 heterocycles. The van der Waals surface area contributed by atoms with E-state index in [0.717, 1.165) is 18.2 Å². The van der Waals surface area contributed by atoms with E-state index in [1.165, 1.54) is 26.2 Å². The summed E-state index contributed by atoms with van der Waals surface area (Å²) in [6.07, 6.45) is -4.56. The van der Waals surface area contributed by atoms with Crippen LogP contribution in [0.5, 0.6) is 11.5 Å². The number of esters is 1. The number of ether oxygens (including phenoxy) is 2. The maximum atomic E-state index is 12.7. The molecule has 0 bridgehead atoms.